The highest BCUT2D eigenvalue weighted by Crippen LogP contribution is 2.31. The first-order valence-corrected chi connectivity index (χ1v) is 10.6. The number of hydrogen-bond acceptors (Lipinski definition) is 4. The molecule has 0 radical (unpaired) electrons. The first-order valence-electron chi connectivity index (χ1n) is 10.6. The second-order valence-electron chi connectivity index (χ2n) is 8.09. The SMILES string of the molecule is CC(C)CC(Oc1ccc(-n2cc(C(F)(F)F)cn2)cc1)c1ccc(NCCC(=O)O)cc1. The maximum atomic E-state index is 12.8. The largest absolute Gasteiger partial charge is 0.486 e. The lowest BCUT2D eigenvalue weighted by Gasteiger charge is -2.22. The molecule has 33 heavy (non-hydrogen) atoms. The van der Waals surface area contributed by atoms with Crippen LogP contribution in [0.3, 0.4) is 0 Å². The number of alkyl halides is 3. The third kappa shape index (κ3) is 7.00. The van der Waals surface area contributed by atoms with E-state index >= 15 is 0 Å². The highest BCUT2D eigenvalue weighted by Gasteiger charge is 2.32. The van der Waals surface area contributed by atoms with Crippen molar-refractivity contribution >= 4 is 11.7 Å². The van der Waals surface area contributed by atoms with Crippen LogP contribution < -0.4 is 10.1 Å². The van der Waals surface area contributed by atoms with Gasteiger partial charge in [-0.3, -0.25) is 4.79 Å². The minimum Gasteiger partial charge on any atom is -0.486 e. The Hall–Kier alpha value is -3.49. The molecule has 0 saturated carbocycles. The molecule has 176 valence electrons. The number of carbonyl (C=O) groups is 1. The number of benzene rings is 2. The highest BCUT2D eigenvalue weighted by atomic mass is 19.4. The summed E-state index contributed by atoms with van der Waals surface area (Å²) in [6, 6.07) is 14.4. The van der Waals surface area contributed by atoms with E-state index < -0.39 is 17.7 Å². The van der Waals surface area contributed by atoms with Gasteiger partial charge in [-0.05, 0) is 54.3 Å². The number of hydrogen-bond donors (Lipinski definition) is 2. The molecule has 0 aliphatic carbocycles. The number of ether oxygens (including phenoxy) is 1. The van der Waals surface area contributed by atoms with Crippen molar-refractivity contribution in [3.05, 3.63) is 72.1 Å². The monoisotopic (exact) mass is 461 g/mol. The predicted octanol–water partition coefficient (Wildman–Crippen LogP) is 5.94. The molecule has 3 aromatic rings. The Bertz CT molecular complexity index is 1050. The Labute approximate surface area is 190 Å². The number of nitrogens with one attached hydrogen (secondary N) is 1. The number of carboxylic acid groups (broad SMARTS) is 1. The van der Waals surface area contributed by atoms with E-state index in [9.17, 15) is 18.0 Å². The topological polar surface area (TPSA) is 76.4 Å². The van der Waals surface area contributed by atoms with Crippen LogP contribution in [0.5, 0.6) is 5.75 Å². The van der Waals surface area contributed by atoms with Gasteiger partial charge in [-0.1, -0.05) is 26.0 Å². The summed E-state index contributed by atoms with van der Waals surface area (Å²) in [5.41, 5.74) is 1.49. The van der Waals surface area contributed by atoms with Crippen LogP contribution in [0.2, 0.25) is 0 Å². The summed E-state index contributed by atoms with van der Waals surface area (Å²) in [6.45, 7) is 4.53. The fraction of sp³-hybridized carbons (Fsp3) is 0.333. The van der Waals surface area contributed by atoms with E-state index in [0.717, 1.165) is 30.1 Å². The molecule has 0 aliphatic rings. The van der Waals surface area contributed by atoms with Crippen LogP contribution in [0.4, 0.5) is 18.9 Å². The van der Waals surface area contributed by atoms with Gasteiger partial charge in [-0.2, -0.15) is 18.3 Å². The molecular weight excluding hydrogens is 435 g/mol. The van der Waals surface area contributed by atoms with Crippen molar-refractivity contribution in [1.29, 1.82) is 0 Å². The van der Waals surface area contributed by atoms with E-state index in [1.165, 1.54) is 4.68 Å². The fourth-order valence-corrected chi connectivity index (χ4v) is 3.26. The smallest absolute Gasteiger partial charge is 0.419 e. The summed E-state index contributed by atoms with van der Waals surface area (Å²) in [7, 11) is 0. The van der Waals surface area contributed by atoms with Gasteiger partial charge >= 0.3 is 12.1 Å². The summed E-state index contributed by atoms with van der Waals surface area (Å²) in [5, 5.41) is 15.6. The molecule has 0 bridgehead atoms. The summed E-state index contributed by atoms with van der Waals surface area (Å²) >= 11 is 0. The zero-order chi connectivity index (χ0) is 24.0. The average Bonchev–Trinajstić information content (AvgIpc) is 3.25. The molecule has 1 heterocycles. The lowest BCUT2D eigenvalue weighted by atomic mass is 9.99. The molecule has 1 atom stereocenters. The summed E-state index contributed by atoms with van der Waals surface area (Å²) < 4.78 is 45.8. The minimum atomic E-state index is -4.44. The Morgan fingerprint density at radius 1 is 1.12 bits per heavy atom. The van der Waals surface area contributed by atoms with Gasteiger partial charge in [0.1, 0.15) is 11.9 Å². The average molecular weight is 461 g/mol. The van der Waals surface area contributed by atoms with E-state index in [1.807, 2.05) is 24.3 Å². The molecule has 0 amide bonds. The van der Waals surface area contributed by atoms with Gasteiger partial charge in [0.15, 0.2) is 0 Å². The maximum absolute atomic E-state index is 12.8. The van der Waals surface area contributed by atoms with Crippen LogP contribution in [0, 0.1) is 5.92 Å². The third-order valence-corrected chi connectivity index (χ3v) is 4.93. The lowest BCUT2D eigenvalue weighted by Crippen LogP contribution is -2.11. The molecule has 0 spiro atoms. The molecule has 2 N–H and O–H groups in total. The zero-order valence-electron chi connectivity index (χ0n) is 18.3. The van der Waals surface area contributed by atoms with Crippen LogP contribution in [0.15, 0.2) is 60.9 Å². The molecule has 0 saturated heterocycles. The normalized spacial score (nSPS) is 12.5. The van der Waals surface area contributed by atoms with Gasteiger partial charge in [-0.15, -0.1) is 0 Å². The van der Waals surface area contributed by atoms with Crippen molar-refractivity contribution in [3.8, 4) is 11.4 Å². The van der Waals surface area contributed by atoms with Gasteiger partial charge in [0.05, 0.1) is 23.9 Å². The van der Waals surface area contributed by atoms with Gasteiger partial charge in [0, 0.05) is 18.4 Å². The van der Waals surface area contributed by atoms with E-state index in [4.69, 9.17) is 9.84 Å². The number of aromatic nitrogens is 2. The van der Waals surface area contributed by atoms with Gasteiger partial charge in [-0.25, -0.2) is 4.68 Å². The van der Waals surface area contributed by atoms with Crippen molar-refractivity contribution in [1.82, 2.24) is 9.78 Å². The van der Waals surface area contributed by atoms with Crippen LogP contribution in [0.25, 0.3) is 5.69 Å². The highest BCUT2D eigenvalue weighted by molar-refractivity contribution is 5.67. The molecular formula is C24H26F3N3O3. The van der Waals surface area contributed by atoms with Crippen molar-refractivity contribution in [3.63, 3.8) is 0 Å². The summed E-state index contributed by atoms with van der Waals surface area (Å²) in [6.07, 6.45) is -2.11. The Balaban J connectivity index is 1.70. The van der Waals surface area contributed by atoms with Gasteiger partial charge < -0.3 is 15.2 Å². The quantitative estimate of drug-likeness (QED) is 0.391. The summed E-state index contributed by atoms with van der Waals surface area (Å²) in [5.74, 6) is 0.104. The van der Waals surface area contributed by atoms with E-state index in [0.29, 0.717) is 23.9 Å². The zero-order valence-corrected chi connectivity index (χ0v) is 18.3. The molecule has 0 aliphatic heterocycles. The first kappa shape index (κ1) is 24.2. The molecule has 1 unspecified atom stereocenters. The third-order valence-electron chi connectivity index (χ3n) is 4.93. The number of nitrogens with zero attached hydrogens (tertiary/aromatic N) is 2. The summed E-state index contributed by atoms with van der Waals surface area (Å²) in [4.78, 5) is 10.6. The molecule has 9 heteroatoms. The van der Waals surface area contributed by atoms with E-state index in [1.54, 1.807) is 24.3 Å². The van der Waals surface area contributed by atoms with Crippen molar-refractivity contribution in [2.24, 2.45) is 5.92 Å². The van der Waals surface area contributed by atoms with Crippen molar-refractivity contribution in [2.45, 2.75) is 39.0 Å². The van der Waals surface area contributed by atoms with Crippen molar-refractivity contribution in [2.75, 3.05) is 11.9 Å². The number of halogens is 3. The van der Waals surface area contributed by atoms with E-state index in [2.05, 4.69) is 24.3 Å². The van der Waals surface area contributed by atoms with Crippen LogP contribution in [-0.4, -0.2) is 27.4 Å². The van der Waals surface area contributed by atoms with Gasteiger partial charge in [0.2, 0.25) is 0 Å². The Kier molecular flexibility index (Phi) is 7.63. The first-order chi connectivity index (χ1) is 15.6. The van der Waals surface area contributed by atoms with Crippen LogP contribution >= 0.6 is 0 Å². The Morgan fingerprint density at radius 3 is 2.33 bits per heavy atom. The predicted molar refractivity (Wildman–Crippen MR) is 119 cm³/mol. The second kappa shape index (κ2) is 10.4. The maximum Gasteiger partial charge on any atom is 0.419 e. The second-order valence-corrected chi connectivity index (χ2v) is 8.09. The molecule has 0 fully saturated rings. The number of rotatable bonds is 10. The number of anilines is 1. The minimum absolute atomic E-state index is 0.0346. The molecule has 3 rings (SSSR count). The number of aliphatic carboxylic acids is 1. The Morgan fingerprint density at radius 2 is 1.79 bits per heavy atom. The van der Waals surface area contributed by atoms with E-state index in [-0.39, 0.29) is 12.5 Å². The molecule has 1 aromatic heterocycles. The lowest BCUT2D eigenvalue weighted by molar-refractivity contribution is -0.138. The van der Waals surface area contributed by atoms with Crippen molar-refractivity contribution < 1.29 is 27.8 Å². The molecule has 6 nitrogen and oxygen atoms in total. The fourth-order valence-electron chi connectivity index (χ4n) is 3.26. The standard InChI is InChI=1S/C24H26F3N3O3/c1-16(2)13-22(17-3-5-19(6-4-17)28-12-11-23(31)32)33-21-9-7-20(8-10-21)30-15-18(14-29-30)24(25,26)27/h3-10,14-16,22,28H,11-13H2,1-2H3,(H,31,32). The van der Waals surface area contributed by atoms with Gasteiger partial charge in [0.25, 0.3) is 0 Å². The van der Waals surface area contributed by atoms with Crippen LogP contribution in [0.1, 0.15) is 43.9 Å². The van der Waals surface area contributed by atoms with Crippen LogP contribution in [-0.2, 0) is 11.0 Å². The number of carboxylic acids is 1. The molecule has 2 aromatic carbocycles.